The number of benzene rings is 2. The van der Waals surface area contributed by atoms with Crippen LogP contribution >= 0.6 is 23.2 Å². The first kappa shape index (κ1) is 17.0. The third-order valence-electron chi connectivity index (χ3n) is 2.80. The summed E-state index contributed by atoms with van der Waals surface area (Å²) in [6, 6.07) is 13.9. The van der Waals surface area contributed by atoms with E-state index in [0.29, 0.717) is 15.6 Å². The molecule has 0 radical (unpaired) electrons. The van der Waals surface area contributed by atoms with E-state index in [2.05, 4.69) is 15.8 Å². The maximum atomic E-state index is 11.6. The first-order valence-corrected chi connectivity index (χ1v) is 7.41. The van der Waals surface area contributed by atoms with Crippen LogP contribution < -0.4 is 10.7 Å². The van der Waals surface area contributed by atoms with E-state index in [4.69, 9.17) is 23.2 Å². The van der Waals surface area contributed by atoms with Gasteiger partial charge in [-0.15, -0.1) is 0 Å². The van der Waals surface area contributed by atoms with Crippen LogP contribution in [0.2, 0.25) is 10.0 Å². The predicted molar refractivity (Wildman–Crippen MR) is 90.5 cm³/mol. The highest BCUT2D eigenvalue weighted by atomic mass is 35.5. The summed E-state index contributed by atoms with van der Waals surface area (Å²) in [6.07, 6.45) is 1.40. The zero-order valence-electron chi connectivity index (χ0n) is 11.9. The molecule has 0 aromatic heterocycles. The molecule has 0 saturated carbocycles. The van der Waals surface area contributed by atoms with Crippen LogP contribution in [0.15, 0.2) is 53.6 Å². The van der Waals surface area contributed by atoms with Gasteiger partial charge in [-0.2, -0.15) is 5.10 Å². The van der Waals surface area contributed by atoms with E-state index in [1.807, 2.05) is 0 Å². The van der Waals surface area contributed by atoms with Crippen molar-refractivity contribution in [3.63, 3.8) is 0 Å². The average Bonchev–Trinajstić information content (AvgIpc) is 2.54. The molecule has 0 atom stereocenters. The van der Waals surface area contributed by atoms with Gasteiger partial charge in [0.1, 0.15) is 0 Å². The third-order valence-corrected chi connectivity index (χ3v) is 3.29. The SMILES string of the molecule is O=C(NCc1ccc(Cl)cc1)C(=O)N/N=C\c1cccc(Cl)c1. The van der Waals surface area contributed by atoms with Crippen molar-refractivity contribution in [3.8, 4) is 0 Å². The Morgan fingerprint density at radius 2 is 1.74 bits per heavy atom. The van der Waals surface area contributed by atoms with Crippen LogP contribution in [0.25, 0.3) is 0 Å². The summed E-state index contributed by atoms with van der Waals surface area (Å²) >= 11 is 11.6. The second kappa shape index (κ2) is 8.31. The number of hydrogen-bond donors (Lipinski definition) is 2. The highest BCUT2D eigenvalue weighted by Crippen LogP contribution is 2.09. The number of carbonyl (C=O) groups excluding carboxylic acids is 2. The third kappa shape index (κ3) is 5.73. The minimum Gasteiger partial charge on any atom is -0.344 e. The molecule has 2 amide bonds. The van der Waals surface area contributed by atoms with Crippen molar-refractivity contribution in [2.75, 3.05) is 0 Å². The standard InChI is InChI=1S/C16H13Cl2N3O2/c17-13-6-4-11(5-7-13)9-19-15(22)16(23)21-20-10-12-2-1-3-14(18)8-12/h1-8,10H,9H2,(H,19,22)(H,21,23)/b20-10-. The van der Waals surface area contributed by atoms with Crippen molar-refractivity contribution in [2.24, 2.45) is 5.10 Å². The maximum absolute atomic E-state index is 11.6. The van der Waals surface area contributed by atoms with E-state index in [9.17, 15) is 9.59 Å². The Bertz CT molecular complexity index is 730. The summed E-state index contributed by atoms with van der Waals surface area (Å²) < 4.78 is 0. The maximum Gasteiger partial charge on any atom is 0.329 e. The van der Waals surface area contributed by atoms with Gasteiger partial charge in [-0.3, -0.25) is 9.59 Å². The molecule has 118 valence electrons. The highest BCUT2D eigenvalue weighted by molar-refractivity contribution is 6.35. The molecule has 0 heterocycles. The summed E-state index contributed by atoms with van der Waals surface area (Å²) in [7, 11) is 0. The van der Waals surface area contributed by atoms with Gasteiger partial charge in [0.05, 0.1) is 6.21 Å². The first-order chi connectivity index (χ1) is 11.0. The summed E-state index contributed by atoms with van der Waals surface area (Å²) in [6.45, 7) is 0.224. The van der Waals surface area contributed by atoms with Crippen LogP contribution in [0.1, 0.15) is 11.1 Å². The summed E-state index contributed by atoms with van der Waals surface area (Å²) in [5.74, 6) is -1.62. The van der Waals surface area contributed by atoms with Crippen molar-refractivity contribution in [1.29, 1.82) is 0 Å². The molecule has 0 bridgehead atoms. The number of amides is 2. The van der Waals surface area contributed by atoms with Gasteiger partial charge in [0.15, 0.2) is 0 Å². The molecule has 23 heavy (non-hydrogen) atoms. The zero-order valence-corrected chi connectivity index (χ0v) is 13.4. The fraction of sp³-hybridized carbons (Fsp3) is 0.0625. The van der Waals surface area contributed by atoms with Gasteiger partial charge in [-0.1, -0.05) is 47.5 Å². The Morgan fingerprint density at radius 3 is 2.43 bits per heavy atom. The van der Waals surface area contributed by atoms with E-state index in [-0.39, 0.29) is 6.54 Å². The Balaban J connectivity index is 1.80. The molecule has 0 aliphatic rings. The monoisotopic (exact) mass is 349 g/mol. The van der Waals surface area contributed by atoms with Crippen molar-refractivity contribution in [2.45, 2.75) is 6.54 Å². The lowest BCUT2D eigenvalue weighted by Crippen LogP contribution is -2.37. The summed E-state index contributed by atoms with van der Waals surface area (Å²) in [4.78, 5) is 23.2. The molecule has 2 aromatic rings. The molecule has 7 heteroatoms. The van der Waals surface area contributed by atoms with Crippen LogP contribution in [0.4, 0.5) is 0 Å². The number of nitrogens with one attached hydrogen (secondary N) is 2. The molecule has 5 nitrogen and oxygen atoms in total. The minimum atomic E-state index is -0.850. The van der Waals surface area contributed by atoms with Gasteiger partial charge in [0, 0.05) is 16.6 Å². The van der Waals surface area contributed by atoms with E-state index < -0.39 is 11.8 Å². The number of rotatable bonds is 4. The van der Waals surface area contributed by atoms with Crippen molar-refractivity contribution < 1.29 is 9.59 Å². The number of hydrogen-bond acceptors (Lipinski definition) is 3. The van der Waals surface area contributed by atoms with E-state index in [1.165, 1.54) is 6.21 Å². The van der Waals surface area contributed by atoms with Crippen LogP contribution in [0.3, 0.4) is 0 Å². The van der Waals surface area contributed by atoms with Crippen molar-refractivity contribution in [3.05, 3.63) is 69.7 Å². The van der Waals surface area contributed by atoms with Gasteiger partial charge in [0.25, 0.3) is 0 Å². The summed E-state index contributed by atoms with van der Waals surface area (Å²) in [5.41, 5.74) is 3.69. The second-order valence-corrected chi connectivity index (χ2v) is 5.44. The molecule has 2 aromatic carbocycles. The van der Waals surface area contributed by atoms with Crippen LogP contribution in [0.5, 0.6) is 0 Å². The van der Waals surface area contributed by atoms with Gasteiger partial charge in [-0.05, 0) is 35.4 Å². The lowest BCUT2D eigenvalue weighted by Gasteiger charge is -2.04. The zero-order chi connectivity index (χ0) is 16.7. The molecule has 2 rings (SSSR count). The Kier molecular flexibility index (Phi) is 6.14. The molecular formula is C16H13Cl2N3O2. The Morgan fingerprint density at radius 1 is 1.00 bits per heavy atom. The van der Waals surface area contributed by atoms with E-state index in [1.54, 1.807) is 48.5 Å². The normalized spacial score (nSPS) is 10.5. The predicted octanol–water partition coefficient (Wildman–Crippen LogP) is 2.76. The average molecular weight is 350 g/mol. The molecule has 0 unspecified atom stereocenters. The first-order valence-electron chi connectivity index (χ1n) is 6.66. The molecule has 0 fully saturated rings. The fourth-order valence-electron chi connectivity index (χ4n) is 1.67. The molecular weight excluding hydrogens is 337 g/mol. The van der Waals surface area contributed by atoms with E-state index in [0.717, 1.165) is 5.56 Å². The van der Waals surface area contributed by atoms with Gasteiger partial charge in [-0.25, -0.2) is 5.43 Å². The Labute approximate surface area is 143 Å². The van der Waals surface area contributed by atoms with Crippen LogP contribution in [-0.4, -0.2) is 18.0 Å². The lowest BCUT2D eigenvalue weighted by atomic mass is 10.2. The number of hydrazone groups is 1. The lowest BCUT2D eigenvalue weighted by molar-refractivity contribution is -0.139. The van der Waals surface area contributed by atoms with Gasteiger partial charge in [0.2, 0.25) is 0 Å². The molecule has 0 saturated heterocycles. The smallest absolute Gasteiger partial charge is 0.329 e. The van der Waals surface area contributed by atoms with Crippen LogP contribution in [-0.2, 0) is 16.1 Å². The van der Waals surface area contributed by atoms with Crippen LogP contribution in [0, 0.1) is 0 Å². The largest absolute Gasteiger partial charge is 0.344 e. The minimum absolute atomic E-state index is 0.224. The Hall–Kier alpha value is -2.37. The molecule has 2 N–H and O–H groups in total. The topological polar surface area (TPSA) is 70.6 Å². The quantitative estimate of drug-likeness (QED) is 0.506. The molecule has 0 aliphatic carbocycles. The highest BCUT2D eigenvalue weighted by Gasteiger charge is 2.11. The number of carbonyl (C=O) groups is 2. The number of halogens is 2. The van der Waals surface area contributed by atoms with E-state index >= 15 is 0 Å². The van der Waals surface area contributed by atoms with Crippen molar-refractivity contribution in [1.82, 2.24) is 10.7 Å². The summed E-state index contributed by atoms with van der Waals surface area (Å²) in [5, 5.41) is 7.36. The van der Waals surface area contributed by atoms with Gasteiger partial charge < -0.3 is 5.32 Å². The number of nitrogens with zero attached hydrogens (tertiary/aromatic N) is 1. The molecule has 0 spiro atoms. The van der Waals surface area contributed by atoms with Crippen molar-refractivity contribution >= 4 is 41.2 Å². The second-order valence-electron chi connectivity index (χ2n) is 4.56. The van der Waals surface area contributed by atoms with Gasteiger partial charge >= 0.3 is 11.8 Å². The fourth-order valence-corrected chi connectivity index (χ4v) is 1.99. The molecule has 0 aliphatic heterocycles.